The van der Waals surface area contributed by atoms with Gasteiger partial charge in [0.05, 0.1) is 10.6 Å². The Kier molecular flexibility index (Phi) is 3.57. The van der Waals surface area contributed by atoms with Crippen molar-refractivity contribution < 1.29 is 9.90 Å². The number of halogens is 1. The first-order valence-corrected chi connectivity index (χ1v) is 5.82. The van der Waals surface area contributed by atoms with Gasteiger partial charge in [-0.2, -0.15) is 0 Å². The third-order valence-corrected chi connectivity index (χ3v) is 2.93. The zero-order valence-corrected chi connectivity index (χ0v) is 10.8. The first-order valence-electron chi connectivity index (χ1n) is 5.44. The van der Waals surface area contributed by atoms with E-state index >= 15 is 0 Å². The first-order chi connectivity index (χ1) is 8.99. The fourth-order valence-electron chi connectivity index (χ4n) is 1.61. The van der Waals surface area contributed by atoms with Gasteiger partial charge in [0.2, 0.25) is 0 Å². The monoisotopic (exact) mass is 278 g/mol. The number of hydrogen-bond acceptors (Lipinski definition) is 3. The van der Waals surface area contributed by atoms with Crippen LogP contribution in [0.15, 0.2) is 41.3 Å². The number of anilines is 2. The molecule has 0 fully saturated rings. The number of rotatable bonds is 3. The molecule has 0 atom stereocenters. The van der Waals surface area contributed by atoms with Crippen LogP contribution >= 0.6 is 11.6 Å². The Morgan fingerprint density at radius 3 is 2.79 bits per heavy atom. The van der Waals surface area contributed by atoms with Gasteiger partial charge in [0, 0.05) is 18.9 Å². The number of hydrogen-bond donors (Lipinski definition) is 2. The molecule has 2 N–H and O–H groups in total. The summed E-state index contributed by atoms with van der Waals surface area (Å²) in [4.78, 5) is 22.8. The first kappa shape index (κ1) is 13.2. The van der Waals surface area contributed by atoms with Crippen LogP contribution in [0.3, 0.4) is 0 Å². The number of nitrogens with zero attached hydrogens (tertiary/aromatic N) is 1. The van der Waals surface area contributed by atoms with Gasteiger partial charge in [0.1, 0.15) is 5.69 Å². The number of aromatic nitrogens is 1. The Balaban J connectivity index is 2.39. The lowest BCUT2D eigenvalue weighted by Gasteiger charge is -2.08. The predicted octanol–water partition coefficient (Wildman–Crippen LogP) is 2.48. The summed E-state index contributed by atoms with van der Waals surface area (Å²) in [5.41, 5.74) is 0.641. The Morgan fingerprint density at radius 1 is 1.37 bits per heavy atom. The zero-order chi connectivity index (χ0) is 14.0. The fraction of sp³-hybridized carbons (Fsp3) is 0.0769. The zero-order valence-electron chi connectivity index (χ0n) is 10.1. The molecule has 0 saturated heterocycles. The minimum Gasteiger partial charge on any atom is -0.478 e. The van der Waals surface area contributed by atoms with Crippen LogP contribution in [0.2, 0.25) is 5.02 Å². The molecule has 1 aromatic heterocycles. The van der Waals surface area contributed by atoms with E-state index in [1.165, 1.54) is 16.7 Å². The molecule has 0 radical (unpaired) electrons. The van der Waals surface area contributed by atoms with Crippen molar-refractivity contribution in [3.8, 4) is 0 Å². The average Bonchev–Trinajstić information content (AvgIpc) is 2.37. The molecule has 5 nitrogen and oxygen atoms in total. The maximum atomic E-state index is 11.8. The molecule has 2 aromatic rings. The van der Waals surface area contributed by atoms with E-state index < -0.39 is 5.97 Å². The van der Waals surface area contributed by atoms with Crippen LogP contribution in [0.5, 0.6) is 0 Å². The number of nitrogens with one attached hydrogen (secondary N) is 1. The van der Waals surface area contributed by atoms with E-state index in [0.29, 0.717) is 11.4 Å². The maximum Gasteiger partial charge on any atom is 0.337 e. The van der Waals surface area contributed by atoms with Gasteiger partial charge in [-0.15, -0.1) is 0 Å². The van der Waals surface area contributed by atoms with E-state index in [4.69, 9.17) is 16.7 Å². The Morgan fingerprint density at radius 2 is 2.11 bits per heavy atom. The van der Waals surface area contributed by atoms with Crippen LogP contribution in [0, 0.1) is 0 Å². The molecule has 1 heterocycles. The number of pyridine rings is 1. The second-order valence-electron chi connectivity index (χ2n) is 3.96. The smallest absolute Gasteiger partial charge is 0.337 e. The van der Waals surface area contributed by atoms with Crippen LogP contribution in [0.25, 0.3) is 0 Å². The lowest BCUT2D eigenvalue weighted by atomic mass is 10.2. The summed E-state index contributed by atoms with van der Waals surface area (Å²) in [5, 5.41) is 12.0. The highest BCUT2D eigenvalue weighted by molar-refractivity contribution is 6.33. The highest BCUT2D eigenvalue weighted by atomic mass is 35.5. The molecule has 0 aliphatic carbocycles. The van der Waals surface area contributed by atoms with E-state index in [1.807, 2.05) is 0 Å². The van der Waals surface area contributed by atoms with Crippen molar-refractivity contribution in [3.63, 3.8) is 0 Å². The second kappa shape index (κ2) is 5.16. The van der Waals surface area contributed by atoms with Crippen molar-refractivity contribution in [2.75, 3.05) is 5.32 Å². The molecule has 2 rings (SSSR count). The molecule has 0 aliphatic rings. The number of carboxylic acids is 1. The van der Waals surface area contributed by atoms with Gasteiger partial charge in [-0.25, -0.2) is 4.79 Å². The molecule has 0 spiro atoms. The number of carboxylic acid groups (broad SMARTS) is 1. The van der Waals surface area contributed by atoms with Crippen molar-refractivity contribution in [2.24, 2.45) is 7.05 Å². The number of carbonyl (C=O) groups is 1. The number of aryl methyl sites for hydroxylation is 1. The molecule has 6 heteroatoms. The van der Waals surface area contributed by atoms with Gasteiger partial charge in [-0.3, -0.25) is 4.79 Å². The average molecular weight is 279 g/mol. The highest BCUT2D eigenvalue weighted by Crippen LogP contribution is 2.22. The van der Waals surface area contributed by atoms with Crippen molar-refractivity contribution in [3.05, 3.63) is 57.5 Å². The Labute approximate surface area is 114 Å². The molecule has 0 unspecified atom stereocenters. The molecular weight excluding hydrogens is 268 g/mol. The van der Waals surface area contributed by atoms with Crippen LogP contribution in [-0.4, -0.2) is 15.6 Å². The normalized spacial score (nSPS) is 10.2. The molecule has 0 saturated carbocycles. The predicted molar refractivity (Wildman–Crippen MR) is 73.4 cm³/mol. The van der Waals surface area contributed by atoms with Gasteiger partial charge in [0.25, 0.3) is 5.56 Å². The molecule has 0 amide bonds. The lowest BCUT2D eigenvalue weighted by molar-refractivity contribution is 0.0697. The molecular formula is C13H11ClN2O3. The van der Waals surface area contributed by atoms with Gasteiger partial charge in [-0.05, 0) is 30.3 Å². The molecule has 1 aromatic carbocycles. The molecule has 0 aliphatic heterocycles. The topological polar surface area (TPSA) is 71.3 Å². The third-order valence-electron chi connectivity index (χ3n) is 2.60. The van der Waals surface area contributed by atoms with E-state index in [-0.39, 0.29) is 16.1 Å². The Hall–Kier alpha value is -2.27. The number of benzene rings is 1. The summed E-state index contributed by atoms with van der Waals surface area (Å²) in [6.45, 7) is 0. The van der Waals surface area contributed by atoms with Gasteiger partial charge < -0.3 is 15.0 Å². The summed E-state index contributed by atoms with van der Waals surface area (Å²) >= 11 is 5.78. The summed E-state index contributed by atoms with van der Waals surface area (Å²) in [7, 11) is 1.64. The standard InChI is InChI=1S/C13H11ClN2O3/c1-16-6-2-3-11(12(16)17)15-8-4-5-10(14)9(7-8)13(18)19/h2-7,15H,1H3,(H,18,19). The second-order valence-corrected chi connectivity index (χ2v) is 4.37. The fourth-order valence-corrected chi connectivity index (χ4v) is 1.81. The molecule has 19 heavy (non-hydrogen) atoms. The highest BCUT2D eigenvalue weighted by Gasteiger charge is 2.10. The molecule has 0 bridgehead atoms. The van der Waals surface area contributed by atoms with Crippen LogP contribution in [-0.2, 0) is 7.05 Å². The van der Waals surface area contributed by atoms with E-state index in [9.17, 15) is 9.59 Å². The van der Waals surface area contributed by atoms with Crippen LogP contribution < -0.4 is 10.9 Å². The summed E-state index contributed by atoms with van der Waals surface area (Å²) in [6.07, 6.45) is 1.64. The quantitative estimate of drug-likeness (QED) is 0.905. The Bertz CT molecular complexity index is 695. The minimum absolute atomic E-state index is 0.0144. The lowest BCUT2D eigenvalue weighted by Crippen LogP contribution is -2.18. The summed E-state index contributed by atoms with van der Waals surface area (Å²) in [5.74, 6) is -1.12. The van der Waals surface area contributed by atoms with E-state index in [1.54, 1.807) is 31.4 Å². The molecule has 98 valence electrons. The van der Waals surface area contributed by atoms with Gasteiger partial charge in [-0.1, -0.05) is 11.6 Å². The van der Waals surface area contributed by atoms with Crippen molar-refractivity contribution in [1.29, 1.82) is 0 Å². The van der Waals surface area contributed by atoms with Crippen LogP contribution in [0.4, 0.5) is 11.4 Å². The van der Waals surface area contributed by atoms with Crippen molar-refractivity contribution in [2.45, 2.75) is 0 Å². The SMILES string of the molecule is Cn1cccc(Nc2ccc(Cl)c(C(=O)O)c2)c1=O. The summed E-state index contributed by atoms with van der Waals surface area (Å²) < 4.78 is 1.43. The van der Waals surface area contributed by atoms with Crippen LogP contribution in [0.1, 0.15) is 10.4 Å². The maximum absolute atomic E-state index is 11.8. The van der Waals surface area contributed by atoms with E-state index in [2.05, 4.69) is 5.32 Å². The van der Waals surface area contributed by atoms with Crippen molar-refractivity contribution >= 4 is 28.9 Å². The largest absolute Gasteiger partial charge is 0.478 e. The van der Waals surface area contributed by atoms with Crippen molar-refractivity contribution in [1.82, 2.24) is 4.57 Å². The van der Waals surface area contributed by atoms with E-state index in [0.717, 1.165) is 0 Å². The summed E-state index contributed by atoms with van der Waals surface area (Å²) in [6, 6.07) is 7.81. The van der Waals surface area contributed by atoms with Gasteiger partial charge in [0.15, 0.2) is 0 Å². The third kappa shape index (κ3) is 2.77. The van der Waals surface area contributed by atoms with Gasteiger partial charge >= 0.3 is 5.97 Å². The minimum atomic E-state index is -1.12. The number of aromatic carboxylic acids is 1.